The summed E-state index contributed by atoms with van der Waals surface area (Å²) in [6, 6.07) is 5.41. The summed E-state index contributed by atoms with van der Waals surface area (Å²) in [6.07, 6.45) is 0.206. The van der Waals surface area contributed by atoms with Crippen LogP contribution in [0.4, 0.5) is 0 Å². The Balaban J connectivity index is 2.55. The van der Waals surface area contributed by atoms with Gasteiger partial charge in [-0.1, -0.05) is 13.0 Å². The highest BCUT2D eigenvalue weighted by Gasteiger charge is 2.06. The van der Waals surface area contributed by atoms with E-state index in [9.17, 15) is 9.90 Å². The zero-order chi connectivity index (χ0) is 10.1. The third-order valence-electron chi connectivity index (χ3n) is 2.31. The first-order valence-corrected chi connectivity index (χ1v) is 4.60. The van der Waals surface area contributed by atoms with E-state index in [-0.39, 0.29) is 5.69 Å². The van der Waals surface area contributed by atoms with E-state index in [1.807, 2.05) is 13.0 Å². The SMILES string of the molecule is CC[C@@H](O)c1ccc2[nH]c(=O)[nH]c2c1. The van der Waals surface area contributed by atoms with Crippen LogP contribution in [0.25, 0.3) is 11.0 Å². The minimum absolute atomic E-state index is 0.219. The molecule has 0 aliphatic heterocycles. The van der Waals surface area contributed by atoms with Gasteiger partial charge in [-0.2, -0.15) is 0 Å². The van der Waals surface area contributed by atoms with Crippen LogP contribution in [-0.4, -0.2) is 15.1 Å². The van der Waals surface area contributed by atoms with E-state index in [2.05, 4.69) is 9.97 Å². The van der Waals surface area contributed by atoms with Gasteiger partial charge in [-0.3, -0.25) is 0 Å². The Kier molecular flexibility index (Phi) is 2.13. The number of aliphatic hydroxyl groups is 1. The zero-order valence-corrected chi connectivity index (χ0v) is 7.87. The maximum Gasteiger partial charge on any atom is 0.323 e. The molecule has 1 aromatic carbocycles. The minimum atomic E-state index is -0.460. The molecule has 3 N–H and O–H groups in total. The molecule has 2 rings (SSSR count). The summed E-state index contributed by atoms with van der Waals surface area (Å²) in [5.41, 5.74) is 2.11. The maximum absolute atomic E-state index is 11.0. The van der Waals surface area contributed by atoms with Crippen LogP contribution >= 0.6 is 0 Å². The normalized spacial score (nSPS) is 13.3. The number of imidazole rings is 1. The number of H-pyrrole nitrogens is 2. The molecule has 0 aliphatic rings. The fourth-order valence-electron chi connectivity index (χ4n) is 1.49. The van der Waals surface area contributed by atoms with Gasteiger partial charge in [0, 0.05) is 0 Å². The monoisotopic (exact) mass is 192 g/mol. The first kappa shape index (κ1) is 9.02. The topological polar surface area (TPSA) is 68.9 Å². The summed E-state index contributed by atoms with van der Waals surface area (Å²) < 4.78 is 0. The summed E-state index contributed by atoms with van der Waals surface area (Å²) >= 11 is 0. The Labute approximate surface area is 80.6 Å². The third-order valence-corrected chi connectivity index (χ3v) is 2.31. The third kappa shape index (κ3) is 1.44. The molecule has 0 spiro atoms. The van der Waals surface area contributed by atoms with E-state index in [0.717, 1.165) is 16.6 Å². The van der Waals surface area contributed by atoms with Gasteiger partial charge in [0.2, 0.25) is 0 Å². The lowest BCUT2D eigenvalue weighted by atomic mass is 10.1. The first-order chi connectivity index (χ1) is 6.70. The van der Waals surface area contributed by atoms with E-state index in [0.29, 0.717) is 6.42 Å². The molecule has 0 bridgehead atoms. The number of benzene rings is 1. The van der Waals surface area contributed by atoms with Gasteiger partial charge >= 0.3 is 5.69 Å². The van der Waals surface area contributed by atoms with Crippen molar-refractivity contribution in [3.05, 3.63) is 34.2 Å². The van der Waals surface area contributed by atoms with Gasteiger partial charge < -0.3 is 15.1 Å². The Hall–Kier alpha value is -1.55. The highest BCUT2D eigenvalue weighted by atomic mass is 16.3. The smallest absolute Gasteiger partial charge is 0.323 e. The summed E-state index contributed by atoms with van der Waals surface area (Å²) in [7, 11) is 0. The quantitative estimate of drug-likeness (QED) is 0.671. The second kappa shape index (κ2) is 3.31. The van der Waals surface area contributed by atoms with Crippen molar-refractivity contribution in [2.75, 3.05) is 0 Å². The van der Waals surface area contributed by atoms with Crippen molar-refractivity contribution in [1.82, 2.24) is 9.97 Å². The van der Waals surface area contributed by atoms with Crippen molar-refractivity contribution in [1.29, 1.82) is 0 Å². The van der Waals surface area contributed by atoms with Crippen molar-refractivity contribution in [2.24, 2.45) is 0 Å². The van der Waals surface area contributed by atoms with Crippen LogP contribution in [0.2, 0.25) is 0 Å². The van der Waals surface area contributed by atoms with Crippen LogP contribution < -0.4 is 5.69 Å². The molecule has 1 aromatic heterocycles. The van der Waals surface area contributed by atoms with Gasteiger partial charge in [0.05, 0.1) is 17.1 Å². The molecule has 4 nitrogen and oxygen atoms in total. The predicted octanol–water partition coefficient (Wildman–Crippen LogP) is 1.30. The Morgan fingerprint density at radius 2 is 2.07 bits per heavy atom. The lowest BCUT2D eigenvalue weighted by molar-refractivity contribution is 0.174. The van der Waals surface area contributed by atoms with Crippen LogP contribution in [0.3, 0.4) is 0 Å². The predicted molar refractivity (Wildman–Crippen MR) is 54.2 cm³/mol. The van der Waals surface area contributed by atoms with Crippen LogP contribution in [0.1, 0.15) is 25.0 Å². The van der Waals surface area contributed by atoms with E-state index >= 15 is 0 Å². The second-order valence-corrected chi connectivity index (χ2v) is 3.31. The lowest BCUT2D eigenvalue weighted by Gasteiger charge is -2.06. The molecule has 0 unspecified atom stereocenters. The molecule has 0 saturated heterocycles. The highest BCUT2D eigenvalue weighted by molar-refractivity contribution is 5.75. The molecule has 1 atom stereocenters. The molecule has 0 aliphatic carbocycles. The standard InChI is InChI=1S/C10H12N2O2/c1-2-9(13)6-3-4-7-8(5-6)12-10(14)11-7/h3-5,9,13H,2H2,1H3,(H2,11,12,14)/t9-/m1/s1. The number of nitrogens with one attached hydrogen (secondary N) is 2. The molecule has 0 fully saturated rings. The average molecular weight is 192 g/mol. The van der Waals surface area contributed by atoms with E-state index in [4.69, 9.17) is 0 Å². The van der Waals surface area contributed by atoms with Gasteiger partial charge in [-0.15, -0.1) is 0 Å². The van der Waals surface area contributed by atoms with E-state index in [1.54, 1.807) is 12.1 Å². The van der Waals surface area contributed by atoms with Gasteiger partial charge in [-0.25, -0.2) is 4.79 Å². The van der Waals surface area contributed by atoms with Crippen molar-refractivity contribution in [2.45, 2.75) is 19.4 Å². The molecule has 0 radical (unpaired) electrons. The largest absolute Gasteiger partial charge is 0.388 e. The van der Waals surface area contributed by atoms with Crippen LogP contribution in [-0.2, 0) is 0 Å². The number of fused-ring (bicyclic) bond motifs is 1. The van der Waals surface area contributed by atoms with E-state index in [1.165, 1.54) is 0 Å². The van der Waals surface area contributed by atoms with Gasteiger partial charge in [-0.05, 0) is 24.1 Å². The van der Waals surface area contributed by atoms with Crippen molar-refractivity contribution in [3.8, 4) is 0 Å². The molecular formula is C10H12N2O2. The number of hydrogen-bond donors (Lipinski definition) is 3. The number of hydrogen-bond acceptors (Lipinski definition) is 2. The summed E-state index contributed by atoms with van der Waals surface area (Å²) in [6.45, 7) is 1.91. The van der Waals surface area contributed by atoms with Gasteiger partial charge in [0.25, 0.3) is 0 Å². The number of rotatable bonds is 2. The fourth-order valence-corrected chi connectivity index (χ4v) is 1.49. The first-order valence-electron chi connectivity index (χ1n) is 4.60. The summed E-state index contributed by atoms with van der Waals surface area (Å²) in [4.78, 5) is 16.3. The molecule has 74 valence electrons. The van der Waals surface area contributed by atoms with E-state index < -0.39 is 6.10 Å². The van der Waals surface area contributed by atoms with Crippen LogP contribution in [0.15, 0.2) is 23.0 Å². The summed E-state index contributed by atoms with van der Waals surface area (Å²) in [5.74, 6) is 0. The Morgan fingerprint density at radius 1 is 1.36 bits per heavy atom. The molecule has 2 aromatic rings. The minimum Gasteiger partial charge on any atom is -0.388 e. The molecular weight excluding hydrogens is 180 g/mol. The van der Waals surface area contributed by atoms with Crippen LogP contribution in [0.5, 0.6) is 0 Å². The van der Waals surface area contributed by atoms with Crippen LogP contribution in [0, 0.1) is 0 Å². The average Bonchev–Trinajstić information content (AvgIpc) is 2.55. The number of aromatic amines is 2. The number of aliphatic hydroxyl groups excluding tert-OH is 1. The second-order valence-electron chi connectivity index (χ2n) is 3.31. The Bertz CT molecular complexity index is 498. The summed E-state index contributed by atoms with van der Waals surface area (Å²) in [5, 5.41) is 9.59. The highest BCUT2D eigenvalue weighted by Crippen LogP contribution is 2.19. The molecule has 4 heteroatoms. The zero-order valence-electron chi connectivity index (χ0n) is 7.87. The molecule has 14 heavy (non-hydrogen) atoms. The van der Waals surface area contributed by atoms with Gasteiger partial charge in [0.1, 0.15) is 0 Å². The molecule has 1 heterocycles. The van der Waals surface area contributed by atoms with Crippen molar-refractivity contribution >= 4 is 11.0 Å². The lowest BCUT2D eigenvalue weighted by Crippen LogP contribution is -1.99. The molecule has 0 amide bonds. The van der Waals surface area contributed by atoms with Crippen molar-refractivity contribution in [3.63, 3.8) is 0 Å². The fraction of sp³-hybridized carbons (Fsp3) is 0.300. The van der Waals surface area contributed by atoms with Crippen molar-refractivity contribution < 1.29 is 5.11 Å². The molecule has 0 saturated carbocycles. The number of aromatic nitrogens is 2. The van der Waals surface area contributed by atoms with Gasteiger partial charge in [0.15, 0.2) is 0 Å². The maximum atomic E-state index is 11.0. The Morgan fingerprint density at radius 3 is 2.79 bits per heavy atom.